The second kappa shape index (κ2) is 7.79. The van der Waals surface area contributed by atoms with Gasteiger partial charge in [-0.25, -0.2) is 9.59 Å². The van der Waals surface area contributed by atoms with E-state index in [1.165, 1.54) is 26.4 Å². The fourth-order valence-corrected chi connectivity index (χ4v) is 2.33. The van der Waals surface area contributed by atoms with Crippen LogP contribution in [-0.2, 0) is 19.7 Å². The summed E-state index contributed by atoms with van der Waals surface area (Å²) in [7, 11) is 2.55. The van der Waals surface area contributed by atoms with Gasteiger partial charge in [-0.05, 0) is 30.5 Å². The molecule has 0 spiro atoms. The molecule has 0 N–H and O–H groups in total. The van der Waals surface area contributed by atoms with E-state index in [1.807, 2.05) is 0 Å². The molecule has 0 amide bonds. The number of halogens is 1. The molecule has 6 heteroatoms. The summed E-state index contributed by atoms with van der Waals surface area (Å²) in [5, 5.41) is 10.2. The van der Waals surface area contributed by atoms with Crippen molar-refractivity contribution < 1.29 is 19.1 Å². The van der Waals surface area contributed by atoms with Crippen LogP contribution in [0.5, 0.6) is 0 Å². The number of carbonyl (C=O) groups excluding carboxylic acids is 2. The fraction of sp³-hybridized carbons (Fsp3) is 0.400. The van der Waals surface area contributed by atoms with Crippen LogP contribution in [-0.4, -0.2) is 31.5 Å². The van der Waals surface area contributed by atoms with Crippen molar-refractivity contribution in [1.82, 2.24) is 0 Å². The Bertz CT molecular complexity index is 550. The van der Waals surface area contributed by atoms with Crippen LogP contribution in [0.3, 0.4) is 0 Å². The monoisotopic (exact) mass is 353 g/mol. The van der Waals surface area contributed by atoms with Crippen molar-refractivity contribution in [3.05, 3.63) is 35.4 Å². The van der Waals surface area contributed by atoms with Crippen molar-refractivity contribution >= 4 is 27.9 Å². The molecule has 0 fully saturated rings. The van der Waals surface area contributed by atoms with E-state index in [0.717, 1.165) is 0 Å². The van der Waals surface area contributed by atoms with Crippen LogP contribution in [0.2, 0.25) is 0 Å². The lowest BCUT2D eigenvalue weighted by atomic mass is 9.78. The topological polar surface area (TPSA) is 76.4 Å². The Morgan fingerprint density at radius 3 is 2.29 bits per heavy atom. The van der Waals surface area contributed by atoms with Gasteiger partial charge in [0.05, 0.1) is 25.9 Å². The Hall–Kier alpha value is -1.87. The zero-order valence-electron chi connectivity index (χ0n) is 11.9. The highest BCUT2D eigenvalue weighted by Gasteiger charge is 2.41. The van der Waals surface area contributed by atoms with Crippen LogP contribution in [0.25, 0.3) is 0 Å². The molecule has 0 aliphatic rings. The molecule has 0 aliphatic carbocycles. The lowest BCUT2D eigenvalue weighted by Gasteiger charge is -2.24. The second-order valence-electron chi connectivity index (χ2n) is 4.37. The predicted octanol–water partition coefficient (Wildman–Crippen LogP) is 2.58. The van der Waals surface area contributed by atoms with Gasteiger partial charge in [0.2, 0.25) is 0 Å². The number of esters is 2. The number of methoxy groups -OCH3 is 2. The van der Waals surface area contributed by atoms with E-state index < -0.39 is 17.4 Å². The van der Waals surface area contributed by atoms with Gasteiger partial charge in [-0.1, -0.05) is 28.1 Å². The molecule has 1 aromatic rings. The average Bonchev–Trinajstić information content (AvgIpc) is 2.55. The molecule has 5 nitrogen and oxygen atoms in total. The molecular formula is C15H16BrNO4. The highest BCUT2D eigenvalue weighted by Crippen LogP contribution is 2.31. The molecule has 21 heavy (non-hydrogen) atoms. The van der Waals surface area contributed by atoms with Crippen LogP contribution in [0, 0.1) is 11.3 Å². The summed E-state index contributed by atoms with van der Waals surface area (Å²) >= 11 is 3.29. The number of alkyl halides is 1. The van der Waals surface area contributed by atoms with Crippen molar-refractivity contribution in [2.75, 3.05) is 19.5 Å². The van der Waals surface area contributed by atoms with Gasteiger partial charge in [0.25, 0.3) is 0 Å². The van der Waals surface area contributed by atoms with Gasteiger partial charge in [-0.2, -0.15) is 5.26 Å². The Balaban J connectivity index is 3.23. The largest absolute Gasteiger partial charge is 0.468 e. The van der Waals surface area contributed by atoms with Gasteiger partial charge in [0, 0.05) is 5.33 Å². The van der Waals surface area contributed by atoms with Gasteiger partial charge in [0.1, 0.15) is 0 Å². The first-order valence-corrected chi connectivity index (χ1v) is 7.42. The number of hydrogen-bond donors (Lipinski definition) is 0. The number of rotatable bonds is 6. The highest BCUT2D eigenvalue weighted by atomic mass is 79.9. The zero-order chi connectivity index (χ0) is 15.9. The molecule has 0 aliphatic heterocycles. The summed E-state index contributed by atoms with van der Waals surface area (Å²) in [5.41, 5.74) is -0.499. The Kier molecular flexibility index (Phi) is 6.38. The number of nitrogens with zero attached hydrogens (tertiary/aromatic N) is 1. The molecule has 1 aromatic carbocycles. The number of hydrogen-bond acceptors (Lipinski definition) is 5. The van der Waals surface area contributed by atoms with E-state index in [4.69, 9.17) is 4.74 Å². The lowest BCUT2D eigenvalue weighted by Crippen LogP contribution is -2.35. The summed E-state index contributed by atoms with van der Waals surface area (Å²) in [4.78, 5) is 23.5. The van der Waals surface area contributed by atoms with Crippen LogP contribution in [0.1, 0.15) is 28.8 Å². The molecule has 0 saturated heterocycles. The summed E-state index contributed by atoms with van der Waals surface area (Å²) in [5.74, 6) is -1.07. The summed E-state index contributed by atoms with van der Waals surface area (Å²) in [6.45, 7) is 0. The first-order chi connectivity index (χ1) is 10.1. The lowest BCUT2D eigenvalue weighted by molar-refractivity contribution is -0.145. The summed E-state index contributed by atoms with van der Waals surface area (Å²) in [6, 6.07) is 8.30. The molecule has 112 valence electrons. The fourth-order valence-electron chi connectivity index (χ4n) is 2.05. The molecule has 1 unspecified atom stereocenters. The number of benzene rings is 1. The molecule has 1 atom stereocenters. The second-order valence-corrected chi connectivity index (χ2v) is 5.16. The quantitative estimate of drug-likeness (QED) is 0.580. The van der Waals surface area contributed by atoms with Gasteiger partial charge >= 0.3 is 11.9 Å². The molecule has 0 bridgehead atoms. The maximum Gasteiger partial charge on any atom is 0.337 e. The van der Waals surface area contributed by atoms with E-state index in [0.29, 0.717) is 29.3 Å². The van der Waals surface area contributed by atoms with Crippen LogP contribution >= 0.6 is 15.9 Å². The predicted molar refractivity (Wildman–Crippen MR) is 80.1 cm³/mol. The minimum absolute atomic E-state index is 0.332. The van der Waals surface area contributed by atoms with Gasteiger partial charge in [-0.15, -0.1) is 0 Å². The Labute approximate surface area is 132 Å². The maximum atomic E-state index is 12.1. The average molecular weight is 354 g/mol. The van der Waals surface area contributed by atoms with Crippen LogP contribution in [0.15, 0.2) is 24.3 Å². The smallest absolute Gasteiger partial charge is 0.337 e. The van der Waals surface area contributed by atoms with Crippen molar-refractivity contribution in [2.45, 2.75) is 18.3 Å². The van der Waals surface area contributed by atoms with E-state index in [2.05, 4.69) is 26.7 Å². The molecule has 0 heterocycles. The third-order valence-electron chi connectivity index (χ3n) is 3.21. The molecule has 0 aromatic heterocycles. The number of carbonyl (C=O) groups is 2. The standard InChI is InChI=1S/C15H16BrNO4/c1-20-13(18)11-4-6-12(7-5-11)15(10-17,8-3-9-16)14(19)21-2/h4-7H,3,8-9H2,1-2H3. The normalized spacial score (nSPS) is 12.9. The van der Waals surface area contributed by atoms with Crippen molar-refractivity contribution in [3.63, 3.8) is 0 Å². The molecule has 0 radical (unpaired) electrons. The van der Waals surface area contributed by atoms with Crippen molar-refractivity contribution in [1.29, 1.82) is 5.26 Å². The third kappa shape index (κ3) is 3.61. The van der Waals surface area contributed by atoms with E-state index in [-0.39, 0.29) is 0 Å². The van der Waals surface area contributed by atoms with E-state index in [1.54, 1.807) is 12.1 Å². The highest BCUT2D eigenvalue weighted by molar-refractivity contribution is 9.09. The van der Waals surface area contributed by atoms with Crippen LogP contribution < -0.4 is 0 Å². The summed E-state index contributed by atoms with van der Waals surface area (Å²) < 4.78 is 9.41. The van der Waals surface area contributed by atoms with Gasteiger partial charge in [0.15, 0.2) is 5.41 Å². The molecule has 1 rings (SSSR count). The summed E-state index contributed by atoms with van der Waals surface area (Å²) in [6.07, 6.45) is 0.973. The minimum Gasteiger partial charge on any atom is -0.468 e. The maximum absolute atomic E-state index is 12.1. The number of nitriles is 1. The third-order valence-corrected chi connectivity index (χ3v) is 3.77. The minimum atomic E-state index is -1.36. The first kappa shape index (κ1) is 17.2. The molecular weight excluding hydrogens is 338 g/mol. The van der Waals surface area contributed by atoms with Gasteiger partial charge < -0.3 is 9.47 Å². The Morgan fingerprint density at radius 2 is 1.86 bits per heavy atom. The molecule has 0 saturated carbocycles. The van der Waals surface area contributed by atoms with Crippen LogP contribution in [0.4, 0.5) is 0 Å². The zero-order valence-corrected chi connectivity index (χ0v) is 13.5. The van der Waals surface area contributed by atoms with E-state index in [9.17, 15) is 14.9 Å². The van der Waals surface area contributed by atoms with Crippen molar-refractivity contribution in [3.8, 4) is 6.07 Å². The first-order valence-electron chi connectivity index (χ1n) is 6.30. The number of ether oxygens (including phenoxy) is 2. The van der Waals surface area contributed by atoms with E-state index >= 15 is 0 Å². The van der Waals surface area contributed by atoms with Crippen molar-refractivity contribution in [2.24, 2.45) is 0 Å². The Morgan fingerprint density at radius 1 is 1.24 bits per heavy atom. The van der Waals surface area contributed by atoms with Gasteiger partial charge in [-0.3, -0.25) is 0 Å². The SMILES string of the molecule is COC(=O)c1ccc(C(C#N)(CCCBr)C(=O)OC)cc1.